The van der Waals surface area contributed by atoms with Crippen LogP contribution in [0.5, 0.6) is 11.5 Å². The van der Waals surface area contributed by atoms with Crippen molar-refractivity contribution in [2.45, 2.75) is 13.8 Å². The molecule has 0 fully saturated rings. The molecule has 6 heteroatoms. The van der Waals surface area contributed by atoms with E-state index in [9.17, 15) is 0 Å². The number of rotatable bonds is 3. The molecule has 1 aromatic carbocycles. The van der Waals surface area contributed by atoms with Crippen molar-refractivity contribution in [1.82, 2.24) is 10.7 Å². The van der Waals surface area contributed by atoms with Crippen LogP contribution in [0, 0.1) is 0 Å². The van der Waals surface area contributed by atoms with Gasteiger partial charge in [-0.2, -0.15) is 5.10 Å². The zero-order valence-electron chi connectivity index (χ0n) is 10.3. The van der Waals surface area contributed by atoms with Crippen LogP contribution < -0.4 is 20.2 Å². The first-order chi connectivity index (χ1) is 8.70. The lowest BCUT2D eigenvalue weighted by Gasteiger charge is -2.06. The Hall–Kier alpha value is -1.82. The van der Waals surface area contributed by atoms with Gasteiger partial charge in [0.25, 0.3) is 0 Å². The predicted molar refractivity (Wildman–Crippen MR) is 74.2 cm³/mol. The number of hydrazone groups is 1. The quantitative estimate of drug-likeness (QED) is 0.494. The Morgan fingerprint density at radius 3 is 2.94 bits per heavy atom. The zero-order chi connectivity index (χ0) is 13.0. The van der Waals surface area contributed by atoms with E-state index in [1.54, 1.807) is 0 Å². The van der Waals surface area contributed by atoms with Gasteiger partial charge in [-0.15, -0.1) is 0 Å². The van der Waals surface area contributed by atoms with Gasteiger partial charge in [-0.25, -0.2) is 0 Å². The van der Waals surface area contributed by atoms with Crippen LogP contribution in [0.4, 0.5) is 0 Å². The van der Waals surface area contributed by atoms with Crippen molar-refractivity contribution in [3.63, 3.8) is 0 Å². The molecule has 1 aliphatic heterocycles. The van der Waals surface area contributed by atoms with E-state index in [4.69, 9.17) is 21.7 Å². The van der Waals surface area contributed by atoms with Gasteiger partial charge in [-0.1, -0.05) is 0 Å². The lowest BCUT2D eigenvalue weighted by Crippen LogP contribution is -2.32. The summed E-state index contributed by atoms with van der Waals surface area (Å²) in [5, 5.41) is 7.68. The molecular weight excluding hydrogens is 250 g/mol. The fourth-order valence-corrected chi connectivity index (χ4v) is 1.71. The molecule has 1 heterocycles. The fraction of sp³-hybridized carbons (Fsp3) is 0.333. The van der Waals surface area contributed by atoms with E-state index in [0.717, 1.165) is 29.3 Å². The maximum atomic E-state index is 5.32. The van der Waals surface area contributed by atoms with Crippen molar-refractivity contribution in [2.75, 3.05) is 13.3 Å². The molecule has 96 valence electrons. The molecule has 0 spiro atoms. The third-order valence-corrected chi connectivity index (χ3v) is 2.69. The fourth-order valence-electron chi connectivity index (χ4n) is 1.52. The molecule has 2 N–H and O–H groups in total. The minimum Gasteiger partial charge on any atom is -0.454 e. The second-order valence-corrected chi connectivity index (χ2v) is 4.14. The van der Waals surface area contributed by atoms with Crippen molar-refractivity contribution in [1.29, 1.82) is 0 Å². The minimum atomic E-state index is 0.276. The molecule has 0 saturated heterocycles. The monoisotopic (exact) mass is 265 g/mol. The third kappa shape index (κ3) is 2.89. The minimum absolute atomic E-state index is 0.276. The van der Waals surface area contributed by atoms with Crippen LogP contribution in [-0.2, 0) is 0 Å². The first kappa shape index (κ1) is 12.6. The lowest BCUT2D eigenvalue weighted by atomic mass is 10.1. The number of ether oxygens (including phenoxy) is 2. The van der Waals surface area contributed by atoms with Gasteiger partial charge in [0.05, 0.1) is 5.71 Å². The van der Waals surface area contributed by atoms with E-state index in [1.807, 2.05) is 32.0 Å². The average Bonchev–Trinajstić information content (AvgIpc) is 2.83. The van der Waals surface area contributed by atoms with E-state index in [-0.39, 0.29) is 6.79 Å². The predicted octanol–water partition coefficient (Wildman–Crippen LogP) is 1.62. The number of hydrogen-bond acceptors (Lipinski definition) is 4. The van der Waals surface area contributed by atoms with E-state index < -0.39 is 0 Å². The Morgan fingerprint density at radius 2 is 2.17 bits per heavy atom. The van der Waals surface area contributed by atoms with Gasteiger partial charge < -0.3 is 14.8 Å². The SMILES string of the molecule is CCNC(=S)N/N=C(/C)c1ccc2c(c1)OCO2. The zero-order valence-corrected chi connectivity index (χ0v) is 11.1. The van der Waals surface area contributed by atoms with Crippen molar-refractivity contribution >= 4 is 23.0 Å². The molecular formula is C12H15N3O2S. The van der Waals surface area contributed by atoms with E-state index in [2.05, 4.69) is 15.8 Å². The Bertz CT molecular complexity index is 488. The molecule has 0 radical (unpaired) electrons. The summed E-state index contributed by atoms with van der Waals surface area (Å²) in [4.78, 5) is 0. The number of fused-ring (bicyclic) bond motifs is 1. The van der Waals surface area contributed by atoms with Gasteiger partial charge in [0.1, 0.15) is 0 Å². The molecule has 18 heavy (non-hydrogen) atoms. The summed E-state index contributed by atoms with van der Waals surface area (Å²) in [6, 6.07) is 5.71. The first-order valence-electron chi connectivity index (χ1n) is 5.69. The van der Waals surface area contributed by atoms with Crippen LogP contribution in [0.25, 0.3) is 0 Å². The van der Waals surface area contributed by atoms with Crippen molar-refractivity contribution < 1.29 is 9.47 Å². The smallest absolute Gasteiger partial charge is 0.231 e. The van der Waals surface area contributed by atoms with Gasteiger partial charge in [0, 0.05) is 12.1 Å². The van der Waals surface area contributed by atoms with E-state index >= 15 is 0 Å². The molecule has 0 atom stereocenters. The normalized spacial score (nSPS) is 13.3. The maximum absolute atomic E-state index is 5.32. The largest absolute Gasteiger partial charge is 0.454 e. The van der Waals surface area contributed by atoms with E-state index in [0.29, 0.717) is 5.11 Å². The van der Waals surface area contributed by atoms with Crippen LogP contribution in [0.2, 0.25) is 0 Å². The lowest BCUT2D eigenvalue weighted by molar-refractivity contribution is 0.174. The van der Waals surface area contributed by atoms with Crippen molar-refractivity contribution in [3.05, 3.63) is 23.8 Å². The average molecular weight is 265 g/mol. The second kappa shape index (κ2) is 5.68. The van der Waals surface area contributed by atoms with Crippen LogP contribution >= 0.6 is 12.2 Å². The van der Waals surface area contributed by atoms with Gasteiger partial charge in [-0.3, -0.25) is 5.43 Å². The van der Waals surface area contributed by atoms with E-state index in [1.165, 1.54) is 0 Å². The highest BCUT2D eigenvalue weighted by Crippen LogP contribution is 2.32. The second-order valence-electron chi connectivity index (χ2n) is 3.74. The van der Waals surface area contributed by atoms with Gasteiger partial charge in [0.2, 0.25) is 6.79 Å². The molecule has 0 bridgehead atoms. The van der Waals surface area contributed by atoms with Crippen LogP contribution in [0.3, 0.4) is 0 Å². The topological polar surface area (TPSA) is 54.9 Å². The number of nitrogens with zero attached hydrogens (tertiary/aromatic N) is 1. The molecule has 0 aliphatic carbocycles. The van der Waals surface area contributed by atoms with Crippen molar-refractivity contribution in [2.24, 2.45) is 5.10 Å². The highest BCUT2D eigenvalue weighted by molar-refractivity contribution is 7.80. The summed E-state index contributed by atoms with van der Waals surface area (Å²) in [7, 11) is 0. The van der Waals surface area contributed by atoms with Gasteiger partial charge in [0.15, 0.2) is 16.6 Å². The summed E-state index contributed by atoms with van der Waals surface area (Å²) in [6.07, 6.45) is 0. The molecule has 0 amide bonds. The molecule has 2 rings (SSSR count). The molecule has 5 nitrogen and oxygen atoms in total. The summed E-state index contributed by atoms with van der Waals surface area (Å²) >= 11 is 5.03. The Balaban J connectivity index is 2.06. The number of nitrogens with one attached hydrogen (secondary N) is 2. The molecule has 1 aliphatic rings. The highest BCUT2D eigenvalue weighted by atomic mass is 32.1. The molecule has 0 saturated carbocycles. The Morgan fingerprint density at radius 1 is 1.39 bits per heavy atom. The van der Waals surface area contributed by atoms with Crippen LogP contribution in [-0.4, -0.2) is 24.2 Å². The standard InChI is InChI=1S/C12H15N3O2S/c1-3-13-12(18)15-14-8(2)9-4-5-10-11(6-9)17-7-16-10/h4-6H,3,7H2,1-2H3,(H2,13,15,18)/b14-8-. The van der Waals surface area contributed by atoms with Crippen molar-refractivity contribution in [3.8, 4) is 11.5 Å². The molecule has 1 aromatic rings. The maximum Gasteiger partial charge on any atom is 0.231 e. The third-order valence-electron chi connectivity index (χ3n) is 2.45. The Labute approximate surface area is 111 Å². The summed E-state index contributed by atoms with van der Waals surface area (Å²) in [5.41, 5.74) is 4.58. The molecule has 0 unspecified atom stereocenters. The summed E-state index contributed by atoms with van der Waals surface area (Å²) < 4.78 is 10.6. The highest BCUT2D eigenvalue weighted by Gasteiger charge is 2.13. The Kier molecular flexibility index (Phi) is 3.99. The summed E-state index contributed by atoms with van der Waals surface area (Å²) in [5.74, 6) is 1.51. The first-order valence-corrected chi connectivity index (χ1v) is 6.09. The molecule has 0 aromatic heterocycles. The number of thiocarbonyl (C=S) groups is 1. The van der Waals surface area contributed by atoms with Crippen LogP contribution in [0.15, 0.2) is 23.3 Å². The summed E-state index contributed by atoms with van der Waals surface area (Å²) in [6.45, 7) is 4.92. The van der Waals surface area contributed by atoms with Gasteiger partial charge >= 0.3 is 0 Å². The number of benzene rings is 1. The number of hydrogen-bond donors (Lipinski definition) is 2. The van der Waals surface area contributed by atoms with Crippen LogP contribution in [0.1, 0.15) is 19.4 Å². The van der Waals surface area contributed by atoms with Gasteiger partial charge in [-0.05, 0) is 44.3 Å².